The molecule has 1 unspecified atom stereocenters. The van der Waals surface area contributed by atoms with Crippen molar-refractivity contribution in [3.63, 3.8) is 0 Å². The molecule has 3 N–H and O–H groups in total. The van der Waals surface area contributed by atoms with Gasteiger partial charge in [-0.15, -0.1) is 11.3 Å². The number of rotatable bonds is 7. The normalized spacial score (nSPS) is 23.2. The van der Waals surface area contributed by atoms with Gasteiger partial charge in [0.25, 0.3) is 5.91 Å². The zero-order valence-electron chi connectivity index (χ0n) is 23.7. The lowest BCUT2D eigenvalue weighted by Crippen LogP contribution is -2.58. The van der Waals surface area contributed by atoms with Gasteiger partial charge in [-0.3, -0.25) is 23.9 Å². The summed E-state index contributed by atoms with van der Waals surface area (Å²) in [4.78, 5) is 66.9. The standard InChI is InChI=1S/C29H31ClFN4O7PS/c1-42-25-19(11-32-12-20(25)30)17-13-34(14-17)29(38)22-7-6-18-3-2-4-21(28(37)35(18)22)33-27(36)24-10-16-9-15(5-8-23(16)44-24)26(31)43(39,40)41/h5,8-12,17-18,21-22,26H,2-4,6-7,13-14H2,1H3,(H,33,36)(H2,39,40,41)/t18-,21-,22-,26?/m0/s1. The van der Waals surface area contributed by atoms with Crippen LogP contribution in [-0.2, 0) is 14.2 Å². The van der Waals surface area contributed by atoms with Gasteiger partial charge in [0.2, 0.25) is 17.7 Å². The Morgan fingerprint density at radius 3 is 2.68 bits per heavy atom. The number of methoxy groups -OCH3 is 1. The molecule has 3 aliphatic heterocycles. The molecule has 2 aromatic heterocycles. The maximum atomic E-state index is 14.2. The Morgan fingerprint density at radius 2 is 1.95 bits per heavy atom. The summed E-state index contributed by atoms with van der Waals surface area (Å²) in [5.74, 6) is -2.76. The number of amides is 3. The molecule has 0 aliphatic carbocycles. The average molecular weight is 665 g/mol. The Bertz CT molecular complexity index is 1680. The van der Waals surface area contributed by atoms with Gasteiger partial charge in [-0.1, -0.05) is 17.7 Å². The maximum absolute atomic E-state index is 14.2. The number of fused-ring (bicyclic) bond motifs is 2. The first-order valence-corrected chi connectivity index (χ1v) is 17.2. The van der Waals surface area contributed by atoms with Crippen LogP contribution in [-0.4, -0.2) is 80.6 Å². The van der Waals surface area contributed by atoms with Gasteiger partial charge in [0.15, 0.2) is 0 Å². The SMILES string of the molecule is COc1c(Cl)cncc1C1CN(C(=O)[C@@H]2CC[C@@H]3CCC[C@H](NC(=O)c4cc5cc(C(F)P(=O)(O)O)ccc5s4)C(=O)N32)C1. The number of alkyl halides is 1. The number of hydrogen-bond donors (Lipinski definition) is 3. The predicted octanol–water partition coefficient (Wildman–Crippen LogP) is 4.37. The molecule has 1 aromatic carbocycles. The van der Waals surface area contributed by atoms with Crippen LogP contribution in [0.5, 0.6) is 5.75 Å². The first-order valence-electron chi connectivity index (χ1n) is 14.3. The summed E-state index contributed by atoms with van der Waals surface area (Å²) in [6, 6.07) is 4.14. The number of likely N-dealkylation sites (tertiary alicyclic amines) is 1. The number of halogens is 2. The highest BCUT2D eigenvalue weighted by atomic mass is 35.5. The lowest BCUT2D eigenvalue weighted by atomic mass is 9.91. The van der Waals surface area contributed by atoms with Crippen LogP contribution in [0.15, 0.2) is 36.7 Å². The monoisotopic (exact) mass is 664 g/mol. The van der Waals surface area contributed by atoms with Crippen molar-refractivity contribution in [2.45, 2.75) is 62.1 Å². The topological polar surface area (TPSA) is 149 Å². The summed E-state index contributed by atoms with van der Waals surface area (Å²) in [6.07, 6.45) is 6.37. The van der Waals surface area contributed by atoms with E-state index in [0.717, 1.165) is 29.7 Å². The third kappa shape index (κ3) is 5.72. The number of carbonyl (C=O) groups excluding carboxylic acids is 3. The van der Waals surface area contributed by atoms with E-state index in [1.807, 2.05) is 0 Å². The molecular formula is C29H31ClFN4O7PS. The Labute approximate surface area is 261 Å². The van der Waals surface area contributed by atoms with E-state index < -0.39 is 31.5 Å². The predicted molar refractivity (Wildman–Crippen MR) is 162 cm³/mol. The van der Waals surface area contributed by atoms with Gasteiger partial charge in [0, 0.05) is 47.7 Å². The van der Waals surface area contributed by atoms with E-state index in [1.54, 1.807) is 23.1 Å². The second-order valence-electron chi connectivity index (χ2n) is 11.5. The summed E-state index contributed by atoms with van der Waals surface area (Å²) in [7, 11) is -3.44. The summed E-state index contributed by atoms with van der Waals surface area (Å²) in [5, 5.41) is 3.72. The van der Waals surface area contributed by atoms with E-state index in [9.17, 15) is 33.1 Å². The molecule has 0 radical (unpaired) electrons. The number of nitrogens with zero attached hydrogens (tertiary/aromatic N) is 3. The molecular weight excluding hydrogens is 634 g/mol. The second kappa shape index (κ2) is 12.0. The van der Waals surface area contributed by atoms with Crippen LogP contribution in [0.4, 0.5) is 4.39 Å². The first-order chi connectivity index (χ1) is 21.0. The summed E-state index contributed by atoms with van der Waals surface area (Å²) < 4.78 is 31.7. The van der Waals surface area contributed by atoms with Crippen molar-refractivity contribution < 1.29 is 37.9 Å². The molecule has 234 valence electrons. The molecule has 3 saturated heterocycles. The smallest absolute Gasteiger partial charge is 0.363 e. The number of hydrogen-bond acceptors (Lipinski definition) is 7. The van der Waals surface area contributed by atoms with Crippen LogP contribution in [0.2, 0.25) is 5.02 Å². The molecule has 3 fully saturated rings. The van der Waals surface area contributed by atoms with Gasteiger partial charge in [-0.25, -0.2) is 4.39 Å². The highest BCUT2D eigenvalue weighted by molar-refractivity contribution is 7.51. The average Bonchev–Trinajstić information content (AvgIpc) is 3.55. The van der Waals surface area contributed by atoms with Gasteiger partial charge >= 0.3 is 7.60 Å². The molecule has 3 aliphatic rings. The zero-order chi connectivity index (χ0) is 31.3. The number of carbonyl (C=O) groups is 3. The van der Waals surface area contributed by atoms with Gasteiger partial charge in [0.05, 0.1) is 12.0 Å². The van der Waals surface area contributed by atoms with E-state index in [2.05, 4.69) is 10.3 Å². The molecule has 11 nitrogen and oxygen atoms in total. The molecule has 0 bridgehead atoms. The number of thiophene rings is 1. The van der Waals surface area contributed by atoms with Crippen molar-refractivity contribution in [1.82, 2.24) is 20.1 Å². The Kier molecular flexibility index (Phi) is 8.44. The molecule has 3 aromatic rings. The molecule has 0 spiro atoms. The Balaban J connectivity index is 1.13. The Morgan fingerprint density at radius 1 is 1.18 bits per heavy atom. The van der Waals surface area contributed by atoms with E-state index >= 15 is 0 Å². The quantitative estimate of drug-likeness (QED) is 0.315. The lowest BCUT2D eigenvalue weighted by molar-refractivity contribution is -0.148. The van der Waals surface area contributed by atoms with Gasteiger partial charge in [-0.2, -0.15) is 0 Å². The van der Waals surface area contributed by atoms with Crippen LogP contribution < -0.4 is 10.1 Å². The number of benzene rings is 1. The van der Waals surface area contributed by atoms with Crippen molar-refractivity contribution >= 4 is 58.3 Å². The van der Waals surface area contributed by atoms with Crippen molar-refractivity contribution in [2.24, 2.45) is 0 Å². The van der Waals surface area contributed by atoms with E-state index in [4.69, 9.17) is 16.3 Å². The molecule has 3 amide bonds. The fourth-order valence-corrected chi connectivity index (χ4v) is 8.23. The van der Waals surface area contributed by atoms with E-state index in [0.29, 0.717) is 53.2 Å². The minimum absolute atomic E-state index is 0.0224. The summed E-state index contributed by atoms with van der Waals surface area (Å²) >= 11 is 7.36. The van der Waals surface area contributed by atoms with Gasteiger partial charge < -0.3 is 29.6 Å². The summed E-state index contributed by atoms with van der Waals surface area (Å²) in [5.41, 5.74) is 0.660. The van der Waals surface area contributed by atoms with Crippen LogP contribution in [0, 0.1) is 0 Å². The second-order valence-corrected chi connectivity index (χ2v) is 14.6. The lowest BCUT2D eigenvalue weighted by Gasteiger charge is -2.42. The van der Waals surface area contributed by atoms with E-state index in [-0.39, 0.29) is 34.2 Å². The Hall–Kier alpha value is -3.09. The van der Waals surface area contributed by atoms with Crippen molar-refractivity contribution in [2.75, 3.05) is 20.2 Å². The van der Waals surface area contributed by atoms with E-state index in [1.165, 1.54) is 30.5 Å². The fourth-order valence-electron chi connectivity index (χ4n) is 6.49. The highest BCUT2D eigenvalue weighted by Gasteiger charge is 2.48. The molecule has 4 atom stereocenters. The largest absolute Gasteiger partial charge is 0.495 e. The van der Waals surface area contributed by atoms with Crippen molar-refractivity contribution in [3.05, 3.63) is 57.7 Å². The molecule has 6 rings (SSSR count). The minimum atomic E-state index is -4.98. The molecule has 0 saturated carbocycles. The van der Waals surface area contributed by atoms with Crippen LogP contribution in [0.25, 0.3) is 10.1 Å². The number of aromatic nitrogens is 1. The number of ether oxygens (including phenoxy) is 1. The zero-order valence-corrected chi connectivity index (χ0v) is 26.2. The van der Waals surface area contributed by atoms with Crippen LogP contribution >= 0.6 is 30.5 Å². The van der Waals surface area contributed by atoms with Crippen LogP contribution in [0.1, 0.15) is 64.7 Å². The van der Waals surface area contributed by atoms with Crippen molar-refractivity contribution in [1.29, 1.82) is 0 Å². The fraction of sp³-hybridized carbons (Fsp3) is 0.448. The van der Waals surface area contributed by atoms with Crippen LogP contribution in [0.3, 0.4) is 0 Å². The molecule has 44 heavy (non-hydrogen) atoms. The number of pyridine rings is 1. The molecule has 5 heterocycles. The molecule has 15 heteroatoms. The third-order valence-electron chi connectivity index (χ3n) is 8.73. The summed E-state index contributed by atoms with van der Waals surface area (Å²) in [6.45, 7) is 0.928. The van der Waals surface area contributed by atoms with Gasteiger partial charge in [0.1, 0.15) is 22.9 Å². The number of nitrogens with one attached hydrogen (secondary N) is 1. The highest BCUT2D eigenvalue weighted by Crippen LogP contribution is 2.53. The van der Waals surface area contributed by atoms with Crippen molar-refractivity contribution in [3.8, 4) is 5.75 Å². The third-order valence-corrected chi connectivity index (χ3v) is 11.0. The minimum Gasteiger partial charge on any atom is -0.495 e. The maximum Gasteiger partial charge on any atom is 0.363 e. The first kappa shape index (κ1) is 30.9. The van der Waals surface area contributed by atoms with Gasteiger partial charge in [-0.05, 0) is 61.3 Å².